The number of aromatic amines is 1. The van der Waals surface area contributed by atoms with Crippen LogP contribution in [0.15, 0.2) is 52.2 Å². The smallest absolute Gasteiger partial charge is 0.271 e. The van der Waals surface area contributed by atoms with Crippen molar-refractivity contribution in [3.8, 4) is 10.7 Å². The molecule has 36 heavy (non-hydrogen) atoms. The molecule has 2 N–H and O–H groups in total. The maximum Gasteiger partial charge on any atom is 0.271 e. The number of amides is 1. The molecule has 1 amide bonds. The number of rotatable bonds is 8. The maximum absolute atomic E-state index is 12.7. The number of sulfonamides is 1. The third-order valence-electron chi connectivity index (χ3n) is 6.15. The number of thiophene rings is 1. The number of fused-ring (bicyclic) bond motifs is 1. The zero-order valence-electron chi connectivity index (χ0n) is 20.1. The molecule has 0 radical (unpaired) electrons. The molecular weight excluding hydrogens is 517 g/mol. The Kier molecular flexibility index (Phi) is 7.13. The number of carbonyl (C=O) groups excluding carboxylic acids is 1. The van der Waals surface area contributed by atoms with E-state index in [-0.39, 0.29) is 10.1 Å². The highest BCUT2D eigenvalue weighted by atomic mass is 32.2. The van der Waals surface area contributed by atoms with Gasteiger partial charge in [0.1, 0.15) is 9.22 Å². The van der Waals surface area contributed by atoms with E-state index >= 15 is 0 Å². The third-order valence-corrected chi connectivity index (χ3v) is 9.92. The first-order chi connectivity index (χ1) is 17.3. The van der Waals surface area contributed by atoms with Gasteiger partial charge in [-0.25, -0.2) is 13.4 Å². The van der Waals surface area contributed by atoms with Crippen molar-refractivity contribution in [2.45, 2.75) is 10.8 Å². The van der Waals surface area contributed by atoms with E-state index in [0.29, 0.717) is 12.2 Å². The lowest BCUT2D eigenvalue weighted by atomic mass is 10.2. The Morgan fingerprint density at radius 1 is 1.14 bits per heavy atom. The molecule has 0 saturated carbocycles. The molecule has 0 unspecified atom stereocenters. The second kappa shape index (κ2) is 10.3. The van der Waals surface area contributed by atoms with E-state index < -0.39 is 10.0 Å². The van der Waals surface area contributed by atoms with Crippen LogP contribution in [-0.2, 0) is 21.4 Å². The number of thiazole rings is 1. The molecule has 9 nitrogen and oxygen atoms in total. The van der Waals surface area contributed by atoms with Crippen molar-refractivity contribution >= 4 is 55.2 Å². The molecule has 3 aromatic heterocycles. The van der Waals surface area contributed by atoms with Gasteiger partial charge in [0.15, 0.2) is 0 Å². The zero-order valence-corrected chi connectivity index (χ0v) is 22.5. The lowest BCUT2D eigenvalue weighted by Crippen LogP contribution is -2.48. The summed E-state index contributed by atoms with van der Waals surface area (Å²) in [6.07, 6.45) is 1.91. The maximum atomic E-state index is 12.7. The number of anilines is 1. The van der Waals surface area contributed by atoms with E-state index in [9.17, 15) is 13.2 Å². The van der Waals surface area contributed by atoms with Gasteiger partial charge in [-0.2, -0.15) is 0 Å². The molecule has 1 saturated heterocycles. The molecule has 4 heterocycles. The molecule has 4 aromatic rings. The number of likely N-dealkylation sites (N-methyl/N-ethyl adjacent to an activating group) is 1. The third kappa shape index (κ3) is 5.47. The van der Waals surface area contributed by atoms with Crippen molar-refractivity contribution < 1.29 is 13.2 Å². The molecule has 1 aliphatic heterocycles. The van der Waals surface area contributed by atoms with Gasteiger partial charge in [0.2, 0.25) is 5.91 Å². The van der Waals surface area contributed by atoms with Crippen LogP contribution in [0, 0.1) is 0 Å². The Morgan fingerprint density at radius 2 is 1.92 bits per heavy atom. The van der Waals surface area contributed by atoms with E-state index in [0.717, 1.165) is 54.3 Å². The van der Waals surface area contributed by atoms with Gasteiger partial charge >= 0.3 is 0 Å². The number of para-hydroxylation sites is 1. The van der Waals surface area contributed by atoms with Crippen LogP contribution >= 0.6 is 22.7 Å². The molecule has 1 aromatic carbocycles. The van der Waals surface area contributed by atoms with Gasteiger partial charge in [-0.15, -0.1) is 22.7 Å². The Morgan fingerprint density at radius 3 is 2.64 bits per heavy atom. The number of H-pyrrole nitrogens is 1. The van der Waals surface area contributed by atoms with Crippen LogP contribution < -0.4 is 4.72 Å². The highest BCUT2D eigenvalue weighted by Crippen LogP contribution is 2.32. The molecule has 1 aliphatic rings. The van der Waals surface area contributed by atoms with Gasteiger partial charge < -0.3 is 9.88 Å². The Hall–Kier alpha value is -2.77. The van der Waals surface area contributed by atoms with Crippen LogP contribution in [0.4, 0.5) is 5.69 Å². The summed E-state index contributed by atoms with van der Waals surface area (Å²) >= 11 is 2.82. The quantitative estimate of drug-likeness (QED) is 0.353. The fourth-order valence-electron chi connectivity index (χ4n) is 4.13. The predicted octanol–water partition coefficient (Wildman–Crippen LogP) is 3.36. The molecule has 0 atom stereocenters. The number of hydrogen-bond donors (Lipinski definition) is 2. The van der Waals surface area contributed by atoms with Gasteiger partial charge in [-0.1, -0.05) is 18.2 Å². The summed E-state index contributed by atoms with van der Waals surface area (Å²) in [5, 5.41) is 3.52. The second-order valence-corrected chi connectivity index (χ2v) is 12.9. The summed E-state index contributed by atoms with van der Waals surface area (Å²) in [6.45, 7) is 4.85. The number of carbonyl (C=O) groups is 1. The van der Waals surface area contributed by atoms with Crippen molar-refractivity contribution in [1.29, 1.82) is 0 Å². The molecule has 0 bridgehead atoms. The van der Waals surface area contributed by atoms with E-state index in [1.54, 1.807) is 53.9 Å². The van der Waals surface area contributed by atoms with Crippen molar-refractivity contribution in [3.05, 3.63) is 52.9 Å². The SMILES string of the molecule is CN(C)C(=O)CN1CCN(Cc2cnc(-c3cc4cccc(NS(=O)(=O)c5cccs5)c4[nH]3)s2)CC1. The minimum absolute atomic E-state index is 0.136. The minimum Gasteiger partial charge on any atom is -0.351 e. The molecule has 1 fully saturated rings. The number of aromatic nitrogens is 2. The average molecular weight is 545 g/mol. The largest absolute Gasteiger partial charge is 0.351 e. The van der Waals surface area contributed by atoms with Crippen LogP contribution in [-0.4, -0.2) is 85.8 Å². The first-order valence-electron chi connectivity index (χ1n) is 11.6. The molecule has 5 rings (SSSR count). The zero-order chi connectivity index (χ0) is 25.3. The average Bonchev–Trinajstić information content (AvgIpc) is 3.61. The van der Waals surface area contributed by atoms with Crippen molar-refractivity contribution in [1.82, 2.24) is 24.7 Å². The number of benzene rings is 1. The summed E-state index contributed by atoms with van der Waals surface area (Å²) in [4.78, 5) is 27.3. The van der Waals surface area contributed by atoms with Crippen molar-refractivity contribution in [2.75, 3.05) is 51.5 Å². The van der Waals surface area contributed by atoms with E-state index in [2.05, 4.69) is 24.5 Å². The molecular formula is C24H28N6O3S3. The first-order valence-corrected chi connectivity index (χ1v) is 14.7. The minimum atomic E-state index is -3.64. The lowest BCUT2D eigenvalue weighted by molar-refractivity contribution is -0.130. The topological polar surface area (TPSA) is 102 Å². The van der Waals surface area contributed by atoms with Crippen molar-refractivity contribution in [2.24, 2.45) is 0 Å². The summed E-state index contributed by atoms with van der Waals surface area (Å²) in [7, 11) is -0.0604. The fourth-order valence-corrected chi connectivity index (χ4v) is 7.12. The summed E-state index contributed by atoms with van der Waals surface area (Å²) in [5.74, 6) is 0.136. The van der Waals surface area contributed by atoms with Gasteiger partial charge in [0, 0.05) is 63.3 Å². The highest BCUT2D eigenvalue weighted by molar-refractivity contribution is 7.94. The summed E-state index contributed by atoms with van der Waals surface area (Å²) < 4.78 is 28.4. The number of piperazine rings is 1. The number of nitrogens with zero attached hydrogens (tertiary/aromatic N) is 4. The predicted molar refractivity (Wildman–Crippen MR) is 145 cm³/mol. The van der Waals surface area contributed by atoms with E-state index in [1.807, 2.05) is 24.4 Å². The Labute approximate surface area is 218 Å². The Balaban J connectivity index is 1.26. The summed E-state index contributed by atoms with van der Waals surface area (Å²) in [5.41, 5.74) is 2.10. The van der Waals surface area contributed by atoms with Gasteiger partial charge in [0.25, 0.3) is 10.0 Å². The molecule has 190 valence electrons. The number of hydrogen-bond acceptors (Lipinski definition) is 8. The van der Waals surface area contributed by atoms with Gasteiger partial charge in [-0.05, 0) is 23.6 Å². The Bertz CT molecular complexity index is 1450. The van der Waals surface area contributed by atoms with Crippen LogP contribution in [0.1, 0.15) is 4.88 Å². The monoisotopic (exact) mass is 544 g/mol. The normalized spacial score (nSPS) is 15.4. The first kappa shape index (κ1) is 24.9. The standard InChI is InChI=1S/C24H28N6O3S3/c1-28(2)21(31)16-30-10-8-29(9-11-30)15-18-14-25-24(35-18)20-13-17-5-3-6-19(23(17)26-20)27-36(32,33)22-7-4-12-34-22/h3-7,12-14,26-27H,8-11,15-16H2,1-2H3. The lowest BCUT2D eigenvalue weighted by Gasteiger charge is -2.34. The van der Waals surface area contributed by atoms with Crippen LogP contribution in [0.3, 0.4) is 0 Å². The molecule has 0 aliphatic carbocycles. The van der Waals surface area contributed by atoms with Crippen molar-refractivity contribution in [3.63, 3.8) is 0 Å². The van der Waals surface area contributed by atoms with Gasteiger partial charge in [-0.3, -0.25) is 19.3 Å². The highest BCUT2D eigenvalue weighted by Gasteiger charge is 2.21. The second-order valence-electron chi connectivity index (χ2n) is 8.96. The van der Waals surface area contributed by atoms with Gasteiger partial charge in [0.05, 0.1) is 23.4 Å². The van der Waals surface area contributed by atoms with E-state index in [4.69, 9.17) is 0 Å². The van der Waals surface area contributed by atoms with E-state index in [1.165, 1.54) is 16.2 Å². The molecule has 0 spiro atoms. The summed E-state index contributed by atoms with van der Waals surface area (Å²) in [6, 6.07) is 10.9. The number of nitrogens with one attached hydrogen (secondary N) is 2. The van der Waals surface area contributed by atoms with Crippen LogP contribution in [0.25, 0.3) is 21.6 Å². The molecule has 12 heteroatoms. The van der Waals surface area contributed by atoms with Crippen LogP contribution in [0.2, 0.25) is 0 Å². The van der Waals surface area contributed by atoms with Crippen LogP contribution in [0.5, 0.6) is 0 Å². The fraction of sp³-hybridized carbons (Fsp3) is 0.333.